The van der Waals surface area contributed by atoms with Crippen molar-refractivity contribution in [1.82, 2.24) is 29.1 Å². The third-order valence-electron chi connectivity index (χ3n) is 10.0. The van der Waals surface area contributed by atoms with E-state index in [1.807, 2.05) is 30.3 Å². The average Bonchev–Trinajstić information content (AvgIpc) is 3.91. The van der Waals surface area contributed by atoms with Crippen LogP contribution in [0.5, 0.6) is 0 Å². The molecular weight excluding hydrogens is 669 g/mol. The molecule has 0 radical (unpaired) electrons. The Kier molecular flexibility index (Phi) is 6.62. The van der Waals surface area contributed by atoms with Gasteiger partial charge in [0, 0.05) is 53.3 Å². The fourth-order valence-corrected chi connectivity index (χ4v) is 8.98. The Morgan fingerprint density at radius 1 is 0.377 bits per heavy atom. The molecule has 0 saturated carbocycles. The second-order valence-corrected chi connectivity index (χ2v) is 14.1. The Morgan fingerprint density at radius 3 is 1.64 bits per heavy atom. The Labute approximate surface area is 307 Å². The molecule has 7 aromatic carbocycles. The number of imidazole rings is 1. The highest BCUT2D eigenvalue weighted by Gasteiger charge is 2.22. The van der Waals surface area contributed by atoms with Crippen LogP contribution in [0, 0.1) is 0 Å². The lowest BCUT2D eigenvalue weighted by molar-refractivity contribution is 0.954. The maximum absolute atomic E-state index is 5.29. The van der Waals surface area contributed by atoms with Gasteiger partial charge in [0.25, 0.3) is 0 Å². The lowest BCUT2D eigenvalue weighted by atomic mass is 10.1. The monoisotopic (exact) mass is 696 g/mol. The summed E-state index contributed by atoms with van der Waals surface area (Å²) in [6.07, 6.45) is 0. The fraction of sp³-hybridized carbons (Fsp3) is 0. The van der Waals surface area contributed by atoms with Crippen molar-refractivity contribution in [2.75, 3.05) is 0 Å². The Hall–Kier alpha value is -6.96. The summed E-state index contributed by atoms with van der Waals surface area (Å²) in [6, 6.07) is 58.9. The molecule has 0 saturated heterocycles. The highest BCUT2D eigenvalue weighted by molar-refractivity contribution is 7.26. The molecule has 0 N–H and O–H groups in total. The van der Waals surface area contributed by atoms with Gasteiger partial charge < -0.3 is 0 Å². The van der Waals surface area contributed by atoms with Crippen molar-refractivity contribution in [3.05, 3.63) is 170 Å². The summed E-state index contributed by atoms with van der Waals surface area (Å²) in [5.41, 5.74) is 8.20. The normalized spacial score (nSPS) is 11.8. The molecule has 248 valence electrons. The minimum atomic E-state index is 0.585. The Bertz CT molecular complexity index is 3120. The van der Waals surface area contributed by atoms with Crippen LogP contribution < -0.4 is 0 Å². The lowest BCUT2D eigenvalue weighted by Gasteiger charge is -2.11. The van der Waals surface area contributed by atoms with Crippen molar-refractivity contribution >= 4 is 64.3 Å². The number of rotatable bonds is 5. The standard InChI is InChI=1S/C46H28N6S/c1-3-15-29(16-4-1)43-48-44(50-46(49-43)52-38-26-10-7-19-31(38)32-20-8-11-27-39(32)52)35-23-13-21-33-34-22-14-24-36(42(34)53-41(33)35)45-47-37-25-9-12-28-40(37)51(45)30-17-5-2-6-18-30/h1-28H. The summed E-state index contributed by atoms with van der Waals surface area (Å²) < 4.78 is 6.73. The highest BCUT2D eigenvalue weighted by atomic mass is 32.1. The molecule has 11 aromatic rings. The van der Waals surface area contributed by atoms with Gasteiger partial charge in [-0.3, -0.25) is 9.13 Å². The third-order valence-corrected chi connectivity index (χ3v) is 11.3. The van der Waals surface area contributed by atoms with Crippen LogP contribution in [0.2, 0.25) is 0 Å². The molecule has 0 aliphatic carbocycles. The summed E-state index contributed by atoms with van der Waals surface area (Å²) in [4.78, 5) is 20.8. The van der Waals surface area contributed by atoms with Crippen molar-refractivity contribution in [3.8, 4) is 45.8 Å². The van der Waals surface area contributed by atoms with Gasteiger partial charge in [-0.2, -0.15) is 9.97 Å². The van der Waals surface area contributed by atoms with Crippen LogP contribution in [0.1, 0.15) is 0 Å². The van der Waals surface area contributed by atoms with Gasteiger partial charge in [0.15, 0.2) is 11.6 Å². The second kappa shape index (κ2) is 11.8. The van der Waals surface area contributed by atoms with Crippen LogP contribution in [0.15, 0.2) is 170 Å². The van der Waals surface area contributed by atoms with Gasteiger partial charge in [0.05, 0.1) is 22.1 Å². The number of thiophene rings is 1. The Morgan fingerprint density at radius 2 is 0.925 bits per heavy atom. The van der Waals surface area contributed by atoms with E-state index in [0.29, 0.717) is 17.6 Å². The molecule has 6 nitrogen and oxygen atoms in total. The maximum atomic E-state index is 5.29. The minimum Gasteiger partial charge on any atom is -0.292 e. The average molecular weight is 697 g/mol. The first kappa shape index (κ1) is 29.7. The molecule has 11 rings (SSSR count). The van der Waals surface area contributed by atoms with Crippen LogP contribution in [0.25, 0.3) is 98.8 Å². The summed E-state index contributed by atoms with van der Waals surface area (Å²) >= 11 is 1.77. The quantitative estimate of drug-likeness (QED) is 0.180. The van der Waals surface area contributed by atoms with Gasteiger partial charge in [-0.05, 0) is 48.5 Å². The molecule has 0 bridgehead atoms. The Balaban J connectivity index is 1.17. The molecule has 4 aromatic heterocycles. The number of hydrogen-bond acceptors (Lipinski definition) is 5. The van der Waals surface area contributed by atoms with E-state index in [1.54, 1.807) is 11.3 Å². The summed E-state index contributed by atoms with van der Waals surface area (Å²) in [5, 5.41) is 4.65. The van der Waals surface area contributed by atoms with E-state index in [2.05, 4.69) is 149 Å². The first-order valence-electron chi connectivity index (χ1n) is 17.6. The molecule has 0 aliphatic rings. The van der Waals surface area contributed by atoms with E-state index in [1.165, 1.54) is 10.1 Å². The highest BCUT2D eigenvalue weighted by Crippen LogP contribution is 2.44. The fourth-order valence-electron chi connectivity index (χ4n) is 7.66. The first-order chi connectivity index (χ1) is 26.3. The molecule has 0 unspecified atom stereocenters. The van der Waals surface area contributed by atoms with Gasteiger partial charge in [-0.25, -0.2) is 9.97 Å². The summed E-state index contributed by atoms with van der Waals surface area (Å²) in [5.74, 6) is 2.76. The molecule has 7 heteroatoms. The topological polar surface area (TPSA) is 61.4 Å². The first-order valence-corrected chi connectivity index (χ1v) is 18.4. The van der Waals surface area contributed by atoms with Crippen molar-refractivity contribution in [1.29, 1.82) is 0 Å². The number of fused-ring (bicyclic) bond motifs is 7. The van der Waals surface area contributed by atoms with E-state index in [0.717, 1.165) is 71.1 Å². The molecule has 0 fully saturated rings. The number of para-hydroxylation sites is 5. The van der Waals surface area contributed by atoms with Crippen LogP contribution in [-0.4, -0.2) is 29.1 Å². The van der Waals surface area contributed by atoms with Crippen LogP contribution in [0.3, 0.4) is 0 Å². The maximum Gasteiger partial charge on any atom is 0.238 e. The summed E-state index contributed by atoms with van der Waals surface area (Å²) in [7, 11) is 0. The predicted octanol–water partition coefficient (Wildman–Crippen LogP) is 11.7. The summed E-state index contributed by atoms with van der Waals surface area (Å²) in [6.45, 7) is 0. The zero-order chi connectivity index (χ0) is 34.9. The van der Waals surface area contributed by atoms with Gasteiger partial charge in [-0.15, -0.1) is 11.3 Å². The van der Waals surface area contributed by atoms with Gasteiger partial charge in [0.2, 0.25) is 5.95 Å². The van der Waals surface area contributed by atoms with Crippen molar-refractivity contribution in [2.45, 2.75) is 0 Å². The van der Waals surface area contributed by atoms with Gasteiger partial charge >= 0.3 is 0 Å². The SMILES string of the molecule is c1ccc(-c2nc(-c3cccc4c3sc3c(-c5nc6ccccc6n5-c5ccccc5)cccc34)nc(-n3c4ccccc4c4ccccc43)n2)cc1. The zero-order valence-corrected chi connectivity index (χ0v) is 29.1. The smallest absolute Gasteiger partial charge is 0.238 e. The van der Waals surface area contributed by atoms with Crippen molar-refractivity contribution in [2.24, 2.45) is 0 Å². The molecule has 0 atom stereocenters. The number of aromatic nitrogens is 6. The molecule has 0 aliphatic heterocycles. The van der Waals surface area contributed by atoms with E-state index >= 15 is 0 Å². The zero-order valence-electron chi connectivity index (χ0n) is 28.3. The second-order valence-electron chi connectivity index (χ2n) is 13.1. The van der Waals surface area contributed by atoms with E-state index in [-0.39, 0.29) is 0 Å². The predicted molar refractivity (Wildman–Crippen MR) is 218 cm³/mol. The molecule has 53 heavy (non-hydrogen) atoms. The largest absolute Gasteiger partial charge is 0.292 e. The number of benzene rings is 7. The van der Waals surface area contributed by atoms with Gasteiger partial charge in [0.1, 0.15) is 5.82 Å². The number of nitrogens with zero attached hydrogens (tertiary/aromatic N) is 6. The van der Waals surface area contributed by atoms with Crippen molar-refractivity contribution in [3.63, 3.8) is 0 Å². The van der Waals surface area contributed by atoms with Crippen LogP contribution >= 0.6 is 11.3 Å². The molecule has 4 heterocycles. The van der Waals surface area contributed by atoms with Crippen LogP contribution in [0.4, 0.5) is 0 Å². The van der Waals surface area contributed by atoms with Crippen molar-refractivity contribution < 1.29 is 0 Å². The van der Waals surface area contributed by atoms with E-state index < -0.39 is 0 Å². The minimum absolute atomic E-state index is 0.585. The van der Waals surface area contributed by atoms with Crippen LogP contribution in [-0.2, 0) is 0 Å². The number of hydrogen-bond donors (Lipinski definition) is 0. The van der Waals surface area contributed by atoms with Gasteiger partial charge in [-0.1, -0.05) is 121 Å². The molecule has 0 amide bonds. The molecular formula is C46H28N6S. The third kappa shape index (κ3) is 4.64. The van der Waals surface area contributed by atoms with E-state index in [4.69, 9.17) is 19.9 Å². The lowest BCUT2D eigenvalue weighted by Crippen LogP contribution is -2.06. The van der Waals surface area contributed by atoms with E-state index in [9.17, 15) is 0 Å². The molecule has 0 spiro atoms.